The molecule has 37 heavy (non-hydrogen) atoms. The first-order valence-corrected chi connectivity index (χ1v) is 13.9. The molecule has 7 heteroatoms. The minimum absolute atomic E-state index is 0.0325. The van der Waals surface area contributed by atoms with Crippen LogP contribution < -0.4 is 9.80 Å². The van der Waals surface area contributed by atoms with E-state index in [2.05, 4.69) is 40.8 Å². The van der Waals surface area contributed by atoms with Crippen LogP contribution in [0.5, 0.6) is 0 Å². The van der Waals surface area contributed by atoms with E-state index in [-0.39, 0.29) is 17.4 Å². The first kappa shape index (κ1) is 24.4. The van der Waals surface area contributed by atoms with Gasteiger partial charge in [0.25, 0.3) is 5.91 Å². The standard InChI is InChI=1S/C30H39N5O2/c1-29(2)20-33(24-18-32(19-24)22-8-6-5-7-9-22)26-16-23(10-11-25(26)29)35-27(36)30(3,4)34(28(35)37)17-21-12-14-31-15-13-21/h10-16,22,24H,5-9,17-20H2,1-4H3. The third-order valence-electron chi connectivity index (χ3n) is 9.18. The van der Waals surface area contributed by atoms with Crippen molar-refractivity contribution in [1.82, 2.24) is 14.8 Å². The number of anilines is 2. The lowest BCUT2D eigenvalue weighted by atomic mass is 9.87. The maximum atomic E-state index is 13.7. The molecule has 0 bridgehead atoms. The number of hydrogen-bond donors (Lipinski definition) is 0. The van der Waals surface area contributed by atoms with Gasteiger partial charge in [0.1, 0.15) is 5.54 Å². The normalized spacial score (nSPS) is 24.1. The van der Waals surface area contributed by atoms with Gasteiger partial charge in [0.2, 0.25) is 0 Å². The van der Waals surface area contributed by atoms with E-state index in [1.165, 1.54) is 48.3 Å². The molecule has 2 aromatic rings. The Balaban J connectivity index is 1.26. The molecule has 4 aliphatic rings. The highest BCUT2D eigenvalue weighted by molar-refractivity contribution is 6.23. The molecule has 3 amide bonds. The summed E-state index contributed by atoms with van der Waals surface area (Å²) in [6.07, 6.45) is 10.2. The van der Waals surface area contributed by atoms with Crippen LogP contribution in [0, 0.1) is 0 Å². The Morgan fingerprint density at radius 2 is 1.62 bits per heavy atom. The lowest BCUT2D eigenvalue weighted by Gasteiger charge is -2.50. The quantitative estimate of drug-likeness (QED) is 0.543. The number of pyridine rings is 1. The predicted molar refractivity (Wildman–Crippen MR) is 146 cm³/mol. The number of aromatic nitrogens is 1. The zero-order valence-electron chi connectivity index (χ0n) is 22.6. The lowest BCUT2D eigenvalue weighted by molar-refractivity contribution is -0.123. The minimum Gasteiger partial charge on any atom is -0.365 e. The Morgan fingerprint density at radius 1 is 0.919 bits per heavy atom. The molecule has 3 aliphatic heterocycles. The van der Waals surface area contributed by atoms with Crippen molar-refractivity contribution in [2.45, 2.75) is 89.4 Å². The third kappa shape index (κ3) is 4.02. The molecule has 1 aromatic heterocycles. The first-order chi connectivity index (χ1) is 17.7. The summed E-state index contributed by atoms with van der Waals surface area (Å²) in [5, 5.41) is 0. The van der Waals surface area contributed by atoms with Gasteiger partial charge >= 0.3 is 6.03 Å². The van der Waals surface area contributed by atoms with Gasteiger partial charge in [-0.15, -0.1) is 0 Å². The van der Waals surface area contributed by atoms with Gasteiger partial charge in [0, 0.05) is 55.7 Å². The van der Waals surface area contributed by atoms with E-state index >= 15 is 0 Å². The van der Waals surface area contributed by atoms with E-state index in [0.29, 0.717) is 18.3 Å². The highest BCUT2D eigenvalue weighted by atomic mass is 16.2. The molecular formula is C30H39N5O2. The van der Waals surface area contributed by atoms with Gasteiger partial charge in [0.05, 0.1) is 11.7 Å². The Bertz CT molecular complexity index is 1200. The summed E-state index contributed by atoms with van der Waals surface area (Å²) in [5.74, 6) is -0.178. The molecule has 1 saturated carbocycles. The molecule has 0 unspecified atom stereocenters. The summed E-state index contributed by atoms with van der Waals surface area (Å²) < 4.78 is 0. The monoisotopic (exact) mass is 501 g/mol. The zero-order valence-corrected chi connectivity index (χ0v) is 22.6. The largest absolute Gasteiger partial charge is 0.365 e. The topological polar surface area (TPSA) is 60.0 Å². The van der Waals surface area contributed by atoms with Crippen molar-refractivity contribution in [2.75, 3.05) is 29.4 Å². The molecule has 4 heterocycles. The van der Waals surface area contributed by atoms with E-state index in [9.17, 15) is 9.59 Å². The number of carbonyl (C=O) groups excluding carboxylic acids is 2. The Labute approximate surface area is 220 Å². The highest BCUT2D eigenvalue weighted by Crippen LogP contribution is 2.46. The molecule has 0 N–H and O–H groups in total. The molecule has 1 aliphatic carbocycles. The summed E-state index contributed by atoms with van der Waals surface area (Å²) >= 11 is 0. The molecule has 7 nitrogen and oxygen atoms in total. The second kappa shape index (κ2) is 8.83. The van der Waals surface area contributed by atoms with Crippen molar-refractivity contribution < 1.29 is 9.59 Å². The van der Waals surface area contributed by atoms with Crippen LogP contribution in [0.4, 0.5) is 16.2 Å². The average Bonchev–Trinajstić information content (AvgIpc) is 3.21. The van der Waals surface area contributed by atoms with Crippen LogP contribution in [-0.2, 0) is 16.8 Å². The number of rotatable bonds is 5. The van der Waals surface area contributed by atoms with Gasteiger partial charge in [-0.3, -0.25) is 14.7 Å². The fourth-order valence-corrected chi connectivity index (χ4v) is 6.82. The van der Waals surface area contributed by atoms with Crippen LogP contribution in [0.2, 0.25) is 0 Å². The van der Waals surface area contributed by atoms with Gasteiger partial charge in [-0.1, -0.05) is 39.2 Å². The Hall–Kier alpha value is -2.93. The molecule has 2 saturated heterocycles. The number of hydrogen-bond acceptors (Lipinski definition) is 5. The smallest absolute Gasteiger partial charge is 0.332 e. The highest BCUT2D eigenvalue weighted by Gasteiger charge is 2.52. The van der Waals surface area contributed by atoms with Crippen LogP contribution in [0.3, 0.4) is 0 Å². The number of carbonyl (C=O) groups is 2. The SMILES string of the molecule is CC1(C)CN(C2CN(C3CCCCC3)C2)c2cc(N3C(=O)N(Cc4ccncc4)C(C)(C)C3=O)ccc21. The first-order valence-electron chi connectivity index (χ1n) is 13.9. The molecule has 1 aromatic carbocycles. The molecule has 6 rings (SSSR count). The number of imide groups is 1. The van der Waals surface area contributed by atoms with Crippen molar-refractivity contribution in [2.24, 2.45) is 0 Å². The lowest BCUT2D eigenvalue weighted by Crippen LogP contribution is -2.62. The van der Waals surface area contributed by atoms with E-state index in [1.807, 2.05) is 32.0 Å². The summed E-state index contributed by atoms with van der Waals surface area (Å²) in [6, 6.07) is 10.9. The van der Waals surface area contributed by atoms with Crippen molar-refractivity contribution in [3.63, 3.8) is 0 Å². The number of likely N-dealkylation sites (tertiary alicyclic amines) is 1. The predicted octanol–water partition coefficient (Wildman–Crippen LogP) is 4.94. The van der Waals surface area contributed by atoms with Crippen molar-refractivity contribution in [3.05, 3.63) is 53.9 Å². The summed E-state index contributed by atoms with van der Waals surface area (Å²) in [4.78, 5) is 39.6. The van der Waals surface area contributed by atoms with Crippen LogP contribution in [0.25, 0.3) is 0 Å². The number of nitrogens with zero attached hydrogens (tertiary/aromatic N) is 5. The van der Waals surface area contributed by atoms with E-state index in [0.717, 1.165) is 31.2 Å². The maximum absolute atomic E-state index is 13.7. The number of benzene rings is 1. The third-order valence-corrected chi connectivity index (χ3v) is 9.18. The van der Waals surface area contributed by atoms with Gasteiger partial charge in [0.15, 0.2) is 0 Å². The van der Waals surface area contributed by atoms with Crippen molar-refractivity contribution in [1.29, 1.82) is 0 Å². The molecular weight excluding hydrogens is 462 g/mol. The average molecular weight is 502 g/mol. The van der Waals surface area contributed by atoms with Crippen molar-refractivity contribution >= 4 is 23.3 Å². The zero-order chi connectivity index (χ0) is 25.9. The van der Waals surface area contributed by atoms with Gasteiger partial charge < -0.3 is 9.80 Å². The van der Waals surface area contributed by atoms with Crippen LogP contribution >= 0.6 is 0 Å². The molecule has 0 spiro atoms. The second-order valence-electron chi connectivity index (χ2n) is 12.5. The molecule has 196 valence electrons. The molecule has 3 fully saturated rings. The second-order valence-corrected chi connectivity index (χ2v) is 12.5. The summed E-state index contributed by atoms with van der Waals surface area (Å²) in [7, 11) is 0. The maximum Gasteiger partial charge on any atom is 0.332 e. The van der Waals surface area contributed by atoms with Crippen LogP contribution in [0.15, 0.2) is 42.7 Å². The van der Waals surface area contributed by atoms with Crippen molar-refractivity contribution in [3.8, 4) is 0 Å². The number of urea groups is 1. The van der Waals surface area contributed by atoms with Gasteiger partial charge in [-0.05, 0) is 62.1 Å². The van der Waals surface area contributed by atoms with Crippen LogP contribution in [0.1, 0.15) is 70.9 Å². The minimum atomic E-state index is -0.924. The summed E-state index contributed by atoms with van der Waals surface area (Å²) in [6.45, 7) is 11.8. The van der Waals surface area contributed by atoms with Gasteiger partial charge in [-0.25, -0.2) is 9.69 Å². The molecule has 0 radical (unpaired) electrons. The van der Waals surface area contributed by atoms with Crippen LogP contribution in [-0.4, -0.2) is 64.0 Å². The fourth-order valence-electron chi connectivity index (χ4n) is 6.82. The Kier molecular flexibility index (Phi) is 5.82. The van der Waals surface area contributed by atoms with Gasteiger partial charge in [-0.2, -0.15) is 0 Å². The van der Waals surface area contributed by atoms with E-state index in [4.69, 9.17) is 0 Å². The number of amides is 3. The number of fused-ring (bicyclic) bond motifs is 1. The van der Waals surface area contributed by atoms with E-state index < -0.39 is 5.54 Å². The van der Waals surface area contributed by atoms with E-state index in [1.54, 1.807) is 17.3 Å². The summed E-state index contributed by atoms with van der Waals surface area (Å²) in [5.41, 5.74) is 3.23. The fraction of sp³-hybridized carbons (Fsp3) is 0.567. The Morgan fingerprint density at radius 3 is 2.32 bits per heavy atom. The molecule has 0 atom stereocenters.